The lowest BCUT2D eigenvalue weighted by atomic mass is 10.0. The predicted octanol–water partition coefficient (Wildman–Crippen LogP) is 1.77. The van der Waals surface area contributed by atoms with E-state index >= 15 is 0 Å². The van der Waals surface area contributed by atoms with E-state index < -0.39 is 0 Å². The predicted molar refractivity (Wildman–Crippen MR) is 99.3 cm³/mol. The number of nitrogens with two attached hydrogens (primary N) is 1. The molecule has 8 heteroatoms. The highest BCUT2D eigenvalue weighted by molar-refractivity contribution is 7.80. The van der Waals surface area contributed by atoms with Crippen LogP contribution in [0.5, 0.6) is 5.75 Å². The van der Waals surface area contributed by atoms with Gasteiger partial charge in [0, 0.05) is 37.3 Å². The van der Waals surface area contributed by atoms with E-state index in [9.17, 15) is 4.79 Å². The molecular weight excluding hydrogens is 348 g/mol. The number of hydrogen-bond acceptors (Lipinski definition) is 4. The van der Waals surface area contributed by atoms with E-state index in [4.69, 9.17) is 22.7 Å². The number of carbonyl (C=O) groups is 1. The molecule has 2 aliphatic rings. The van der Waals surface area contributed by atoms with Crippen LogP contribution < -0.4 is 21.1 Å². The summed E-state index contributed by atoms with van der Waals surface area (Å²) in [7, 11) is 0. The van der Waals surface area contributed by atoms with Gasteiger partial charge in [0.25, 0.3) is 0 Å². The van der Waals surface area contributed by atoms with Crippen molar-refractivity contribution in [2.75, 3.05) is 18.5 Å². The van der Waals surface area contributed by atoms with E-state index in [1.54, 1.807) is 6.20 Å². The third kappa shape index (κ3) is 3.80. The van der Waals surface area contributed by atoms with Gasteiger partial charge < -0.3 is 20.7 Å². The number of nitrogens with zero attached hydrogens (tertiary/aromatic N) is 2. The van der Waals surface area contributed by atoms with Crippen molar-refractivity contribution in [3.8, 4) is 5.75 Å². The number of carbonyl (C=O) groups excluding carboxylic acids is 1. The van der Waals surface area contributed by atoms with Crippen molar-refractivity contribution < 1.29 is 9.53 Å². The van der Waals surface area contributed by atoms with Crippen LogP contribution in [0, 0.1) is 0 Å². The second kappa shape index (κ2) is 7.83. The summed E-state index contributed by atoms with van der Waals surface area (Å²) in [6, 6.07) is 5.77. The van der Waals surface area contributed by atoms with Gasteiger partial charge >= 0.3 is 0 Å². The van der Waals surface area contributed by atoms with Gasteiger partial charge in [-0.2, -0.15) is 0 Å². The first kappa shape index (κ1) is 18.5. The van der Waals surface area contributed by atoms with Crippen molar-refractivity contribution >= 4 is 41.3 Å². The van der Waals surface area contributed by atoms with Gasteiger partial charge in [-0.1, -0.05) is 0 Å². The van der Waals surface area contributed by atoms with Crippen LogP contribution in [0.2, 0.25) is 0 Å². The van der Waals surface area contributed by atoms with Crippen LogP contribution in [-0.4, -0.2) is 35.1 Å². The first-order chi connectivity index (χ1) is 11.1. The van der Waals surface area contributed by atoms with Gasteiger partial charge in [-0.05, 0) is 42.5 Å². The summed E-state index contributed by atoms with van der Waals surface area (Å²) in [5, 5.41) is 7.59. The molecule has 24 heavy (non-hydrogen) atoms. The quantitative estimate of drug-likeness (QED) is 0.792. The van der Waals surface area contributed by atoms with Crippen LogP contribution in [-0.2, 0) is 11.2 Å². The van der Waals surface area contributed by atoms with Crippen molar-refractivity contribution in [2.45, 2.75) is 25.8 Å². The molecular formula is C16H20ClN4O2S. The fourth-order valence-corrected chi connectivity index (χ4v) is 3.24. The molecule has 1 aromatic carbocycles. The Labute approximate surface area is 152 Å². The Hall–Kier alpha value is -1.83. The molecule has 1 aromatic rings. The van der Waals surface area contributed by atoms with Gasteiger partial charge in [0.05, 0.1) is 6.04 Å². The molecule has 1 atom stereocenters. The Bertz CT molecular complexity index is 680. The van der Waals surface area contributed by atoms with Crippen molar-refractivity contribution in [2.24, 2.45) is 5.73 Å². The van der Waals surface area contributed by atoms with Gasteiger partial charge in [0.1, 0.15) is 12.4 Å². The van der Waals surface area contributed by atoms with Crippen LogP contribution in [0.3, 0.4) is 0 Å². The lowest BCUT2D eigenvalue weighted by Crippen LogP contribution is -2.44. The number of halogens is 1. The summed E-state index contributed by atoms with van der Waals surface area (Å²) < 4.78 is 5.87. The third-order valence-corrected chi connectivity index (χ3v) is 4.17. The fraction of sp³-hybridized carbons (Fsp3) is 0.375. The number of anilines is 1. The van der Waals surface area contributed by atoms with Crippen LogP contribution in [0.25, 0.3) is 0 Å². The first-order valence-corrected chi connectivity index (χ1v) is 7.96. The average Bonchev–Trinajstić information content (AvgIpc) is 2.87. The molecule has 0 bridgehead atoms. The summed E-state index contributed by atoms with van der Waals surface area (Å²) in [6.45, 7) is 2.59. The number of nitrogens with one attached hydrogen (secondary N) is 1. The zero-order valence-corrected chi connectivity index (χ0v) is 15.0. The van der Waals surface area contributed by atoms with E-state index in [1.165, 1.54) is 6.92 Å². The lowest BCUT2D eigenvalue weighted by Gasteiger charge is -2.34. The third-order valence-electron chi connectivity index (χ3n) is 3.87. The lowest BCUT2D eigenvalue weighted by molar-refractivity contribution is -0.114. The Morgan fingerprint density at radius 2 is 2.33 bits per heavy atom. The van der Waals surface area contributed by atoms with Crippen molar-refractivity contribution in [3.63, 3.8) is 0 Å². The minimum absolute atomic E-state index is 0. The monoisotopic (exact) mass is 367 g/mol. The highest BCUT2D eigenvalue weighted by atomic mass is 35.5. The smallest absolute Gasteiger partial charge is 0.221 e. The molecule has 2 aliphatic heterocycles. The van der Waals surface area contributed by atoms with Crippen molar-refractivity contribution in [1.29, 1.82) is 0 Å². The Kier molecular flexibility index (Phi) is 6.04. The summed E-state index contributed by atoms with van der Waals surface area (Å²) in [5.41, 5.74) is 8.52. The number of hydrogen-bond donors (Lipinski definition) is 2. The number of benzene rings is 1. The molecule has 0 saturated carbocycles. The number of fused-ring (bicyclic) bond motifs is 1. The molecule has 129 valence electrons. The number of ether oxygens (including phenoxy) is 1. The van der Waals surface area contributed by atoms with Crippen molar-refractivity contribution in [3.05, 3.63) is 35.7 Å². The summed E-state index contributed by atoms with van der Waals surface area (Å²) in [5.74, 6) is 0.757. The van der Waals surface area contributed by atoms with E-state index in [2.05, 4.69) is 10.6 Å². The van der Waals surface area contributed by atoms with Crippen LogP contribution in [0.4, 0.5) is 5.69 Å². The van der Waals surface area contributed by atoms with Gasteiger partial charge in [-0.25, -0.2) is 5.32 Å². The van der Waals surface area contributed by atoms with Crippen molar-refractivity contribution in [1.82, 2.24) is 10.2 Å². The topological polar surface area (TPSA) is 81.7 Å². The first-order valence-electron chi connectivity index (χ1n) is 7.55. The van der Waals surface area contributed by atoms with Gasteiger partial charge in [0.15, 0.2) is 5.11 Å². The maximum absolute atomic E-state index is 11.2. The average molecular weight is 368 g/mol. The molecule has 0 spiro atoms. The molecule has 3 N–H and O–H groups in total. The highest BCUT2D eigenvalue weighted by Crippen LogP contribution is 2.31. The molecule has 3 rings (SSSR count). The summed E-state index contributed by atoms with van der Waals surface area (Å²) in [4.78, 5) is 13.3. The molecule has 6 nitrogen and oxygen atoms in total. The summed E-state index contributed by atoms with van der Waals surface area (Å²) in [6.07, 6.45) is 3.30. The number of amides is 1. The fourth-order valence-electron chi connectivity index (χ4n) is 2.93. The number of thiocarbonyl (C=S) groups is 1. The zero-order valence-electron chi connectivity index (χ0n) is 13.3. The molecule has 1 amide bonds. The summed E-state index contributed by atoms with van der Waals surface area (Å²) >= 11 is 5.35. The molecule has 0 saturated heterocycles. The Morgan fingerprint density at radius 3 is 3.04 bits per heavy atom. The van der Waals surface area contributed by atoms with Gasteiger partial charge in [0.2, 0.25) is 5.91 Å². The van der Waals surface area contributed by atoms with E-state index in [-0.39, 0.29) is 24.4 Å². The Morgan fingerprint density at radius 1 is 1.54 bits per heavy atom. The van der Waals surface area contributed by atoms with E-state index in [0.29, 0.717) is 18.3 Å². The largest absolute Gasteiger partial charge is 0.491 e. The second-order valence-corrected chi connectivity index (χ2v) is 5.98. The molecule has 2 heterocycles. The minimum Gasteiger partial charge on any atom is -0.491 e. The molecule has 0 unspecified atom stereocenters. The van der Waals surface area contributed by atoms with E-state index in [0.717, 1.165) is 35.5 Å². The normalized spacial score (nSPS) is 18.8. The zero-order chi connectivity index (χ0) is 16.4. The molecule has 0 fully saturated rings. The SMILES string of the molecule is CC(=O)Nc1ccc2c(c1)C[C@@H](N1C(=S)[N]C=C1CCN)CO2.Cl. The Balaban J connectivity index is 0.00000208. The maximum atomic E-state index is 11.2. The van der Waals surface area contributed by atoms with Crippen LogP contribution in [0.1, 0.15) is 18.9 Å². The minimum atomic E-state index is -0.0917. The molecule has 0 aliphatic carbocycles. The van der Waals surface area contributed by atoms with E-state index in [1.807, 2.05) is 23.1 Å². The van der Waals surface area contributed by atoms with Gasteiger partial charge in [-0.3, -0.25) is 4.79 Å². The van der Waals surface area contributed by atoms with Crippen LogP contribution in [0.15, 0.2) is 30.1 Å². The standard InChI is InChI=1S/C16H19N4O2S.ClH/c1-10(21)19-12-2-3-15-11(6-12)7-14(9-22-15)20-13(4-5-17)8-18-16(20)23;/h2-3,6,8,14H,4-5,7,9,17H2,1H3,(H,19,21);1H/t14-;/m1./s1. The van der Waals surface area contributed by atoms with Crippen LogP contribution >= 0.6 is 24.6 Å². The highest BCUT2D eigenvalue weighted by Gasteiger charge is 2.32. The number of rotatable bonds is 4. The van der Waals surface area contributed by atoms with Gasteiger partial charge in [-0.15, -0.1) is 12.4 Å². The molecule has 1 radical (unpaired) electrons. The molecule has 0 aromatic heterocycles. The maximum Gasteiger partial charge on any atom is 0.221 e. The second-order valence-electron chi connectivity index (χ2n) is 5.61.